The molecule has 0 aliphatic rings. The summed E-state index contributed by atoms with van der Waals surface area (Å²) >= 11 is 1.44. The molecule has 0 fully saturated rings. The summed E-state index contributed by atoms with van der Waals surface area (Å²) in [5.41, 5.74) is 0.933. The summed E-state index contributed by atoms with van der Waals surface area (Å²) in [7, 11) is 0. The Hall–Kier alpha value is -0.970. The number of rotatable bonds is 2. The molecule has 0 unspecified atom stereocenters. The zero-order valence-electron chi connectivity index (χ0n) is 6.24. The molecule has 11 heavy (non-hydrogen) atoms. The van der Waals surface area contributed by atoms with Crippen LogP contribution in [0.4, 0.5) is 5.69 Å². The minimum Gasteiger partial charge on any atom is -0.229 e. The van der Waals surface area contributed by atoms with E-state index in [0.29, 0.717) is 16.5 Å². The van der Waals surface area contributed by atoms with Crippen LogP contribution in [-0.2, 0) is 0 Å². The molecule has 0 aliphatic carbocycles. The highest BCUT2D eigenvalue weighted by Crippen LogP contribution is 2.17. The lowest BCUT2D eigenvalue weighted by atomic mass is 10.4. The van der Waals surface area contributed by atoms with Crippen LogP contribution in [0.3, 0.4) is 0 Å². The Labute approximate surface area is 68.4 Å². The third-order valence-corrected chi connectivity index (χ3v) is 1.77. The van der Waals surface area contributed by atoms with Gasteiger partial charge in [-0.15, -0.1) is 4.91 Å². The Morgan fingerprint density at radius 3 is 2.82 bits per heavy atom. The molecule has 1 heterocycles. The molecule has 0 atom stereocenters. The number of hydrogen-bond acceptors (Lipinski definition) is 5. The molecule has 1 aromatic rings. The Morgan fingerprint density at radius 2 is 2.36 bits per heavy atom. The number of nitroso groups, excluding NO2 is 1. The quantitative estimate of drug-likeness (QED) is 0.385. The van der Waals surface area contributed by atoms with Crippen LogP contribution in [0.1, 0.15) is 5.69 Å². The highest BCUT2D eigenvalue weighted by atomic mass is 32.2. The van der Waals surface area contributed by atoms with Crippen molar-refractivity contribution in [3.8, 4) is 0 Å². The first-order chi connectivity index (χ1) is 5.27. The first kappa shape index (κ1) is 8.13. The highest BCUT2D eigenvalue weighted by molar-refractivity contribution is 7.98. The smallest absolute Gasteiger partial charge is 0.187 e. The maximum Gasteiger partial charge on any atom is 0.187 e. The van der Waals surface area contributed by atoms with Crippen LogP contribution < -0.4 is 0 Å². The lowest BCUT2D eigenvalue weighted by Gasteiger charge is -1.96. The predicted octanol–water partition coefficient (Wildman–Crippen LogP) is 1.90. The van der Waals surface area contributed by atoms with Gasteiger partial charge in [0, 0.05) is 0 Å². The van der Waals surface area contributed by atoms with E-state index >= 15 is 0 Å². The van der Waals surface area contributed by atoms with Crippen molar-refractivity contribution < 1.29 is 0 Å². The van der Waals surface area contributed by atoms with Gasteiger partial charge < -0.3 is 0 Å². The van der Waals surface area contributed by atoms with E-state index in [9.17, 15) is 4.91 Å². The standard InChI is InChI=1S/C6H7N3OS/c1-4-5(9-10)3-7-6(8-4)11-2/h3H,1-2H3. The summed E-state index contributed by atoms with van der Waals surface area (Å²) in [6.07, 6.45) is 3.31. The average molecular weight is 169 g/mol. The van der Waals surface area contributed by atoms with Crippen molar-refractivity contribution in [3.63, 3.8) is 0 Å². The summed E-state index contributed by atoms with van der Waals surface area (Å²) in [4.78, 5) is 18.0. The van der Waals surface area contributed by atoms with Gasteiger partial charge in [-0.05, 0) is 18.4 Å². The Morgan fingerprint density at radius 1 is 1.64 bits per heavy atom. The molecule has 0 N–H and O–H groups in total. The molecule has 58 valence electrons. The lowest BCUT2D eigenvalue weighted by molar-refractivity contribution is 0.933. The van der Waals surface area contributed by atoms with Gasteiger partial charge in [-0.25, -0.2) is 9.97 Å². The fraction of sp³-hybridized carbons (Fsp3) is 0.333. The van der Waals surface area contributed by atoms with Crippen LogP contribution in [0.2, 0.25) is 0 Å². The van der Waals surface area contributed by atoms with Crippen LogP contribution in [0.5, 0.6) is 0 Å². The molecule has 1 rings (SSSR count). The summed E-state index contributed by atoms with van der Waals surface area (Å²) < 4.78 is 0. The van der Waals surface area contributed by atoms with Crippen molar-refractivity contribution in [2.24, 2.45) is 5.18 Å². The number of thioether (sulfide) groups is 1. The van der Waals surface area contributed by atoms with Gasteiger partial charge in [-0.2, -0.15) is 0 Å². The second-order valence-corrected chi connectivity index (χ2v) is 2.69. The molecule has 0 aliphatic heterocycles. The first-order valence-corrected chi connectivity index (χ1v) is 4.21. The third kappa shape index (κ3) is 1.74. The number of aromatic nitrogens is 2. The van der Waals surface area contributed by atoms with Gasteiger partial charge in [-0.1, -0.05) is 11.8 Å². The molecular formula is C6H7N3OS. The summed E-state index contributed by atoms with van der Waals surface area (Å²) in [6.45, 7) is 1.73. The van der Waals surface area contributed by atoms with Gasteiger partial charge >= 0.3 is 0 Å². The number of nitrogens with zero attached hydrogens (tertiary/aromatic N) is 3. The maximum atomic E-state index is 10.1. The Bertz CT molecular complexity index is 277. The van der Waals surface area contributed by atoms with Gasteiger partial charge in [0.15, 0.2) is 5.16 Å². The van der Waals surface area contributed by atoms with Crippen LogP contribution in [0.15, 0.2) is 16.5 Å². The molecular weight excluding hydrogens is 162 g/mol. The highest BCUT2D eigenvalue weighted by Gasteiger charge is 2.00. The zero-order valence-corrected chi connectivity index (χ0v) is 7.05. The van der Waals surface area contributed by atoms with E-state index in [1.54, 1.807) is 6.92 Å². The molecule has 1 aromatic heterocycles. The van der Waals surface area contributed by atoms with E-state index in [2.05, 4.69) is 15.1 Å². The molecule has 5 heteroatoms. The van der Waals surface area contributed by atoms with Gasteiger partial charge in [-0.3, -0.25) is 0 Å². The first-order valence-electron chi connectivity index (χ1n) is 2.99. The van der Waals surface area contributed by atoms with Crippen molar-refractivity contribution in [1.82, 2.24) is 9.97 Å². The molecule has 0 saturated carbocycles. The van der Waals surface area contributed by atoms with Gasteiger partial charge in [0.2, 0.25) is 0 Å². The van der Waals surface area contributed by atoms with E-state index in [1.165, 1.54) is 18.0 Å². The molecule has 0 saturated heterocycles. The Balaban J connectivity index is 3.09. The number of hydrogen-bond donors (Lipinski definition) is 0. The second-order valence-electron chi connectivity index (χ2n) is 1.92. The van der Waals surface area contributed by atoms with Gasteiger partial charge in [0.05, 0.1) is 11.9 Å². The van der Waals surface area contributed by atoms with Crippen molar-refractivity contribution in [1.29, 1.82) is 0 Å². The zero-order chi connectivity index (χ0) is 8.27. The number of aryl methyl sites for hydroxylation is 1. The summed E-state index contributed by atoms with van der Waals surface area (Å²) in [5, 5.41) is 3.42. The predicted molar refractivity (Wildman–Crippen MR) is 44.0 cm³/mol. The van der Waals surface area contributed by atoms with Crippen LogP contribution in [-0.4, -0.2) is 16.2 Å². The van der Waals surface area contributed by atoms with Gasteiger partial charge in [0.25, 0.3) is 0 Å². The minimum atomic E-state index is 0.308. The average Bonchev–Trinajstić information content (AvgIpc) is 2.04. The normalized spacial score (nSPS) is 9.64. The van der Waals surface area contributed by atoms with E-state index in [4.69, 9.17) is 0 Å². The van der Waals surface area contributed by atoms with Crippen molar-refractivity contribution in [2.45, 2.75) is 12.1 Å². The Kier molecular flexibility index (Phi) is 2.53. The minimum absolute atomic E-state index is 0.308. The summed E-state index contributed by atoms with van der Waals surface area (Å²) in [6, 6.07) is 0. The fourth-order valence-corrected chi connectivity index (χ4v) is 1.01. The van der Waals surface area contributed by atoms with E-state index in [-0.39, 0.29) is 0 Å². The lowest BCUT2D eigenvalue weighted by Crippen LogP contribution is -1.87. The molecule has 4 nitrogen and oxygen atoms in total. The van der Waals surface area contributed by atoms with Crippen molar-refractivity contribution in [3.05, 3.63) is 16.8 Å². The molecule has 0 radical (unpaired) electrons. The molecule has 0 amide bonds. The monoisotopic (exact) mass is 169 g/mol. The largest absolute Gasteiger partial charge is 0.229 e. The van der Waals surface area contributed by atoms with E-state index < -0.39 is 0 Å². The van der Waals surface area contributed by atoms with Crippen LogP contribution in [0, 0.1) is 11.8 Å². The van der Waals surface area contributed by atoms with Gasteiger partial charge in [0.1, 0.15) is 5.69 Å². The van der Waals surface area contributed by atoms with Crippen LogP contribution in [0.25, 0.3) is 0 Å². The molecule has 0 bridgehead atoms. The SMILES string of the molecule is CSc1ncc(N=O)c(C)n1. The molecule has 0 spiro atoms. The fourth-order valence-electron chi connectivity index (χ4n) is 0.627. The summed E-state index contributed by atoms with van der Waals surface area (Å²) in [5.74, 6) is 0. The topological polar surface area (TPSA) is 55.2 Å². The van der Waals surface area contributed by atoms with Crippen molar-refractivity contribution in [2.75, 3.05) is 6.26 Å². The van der Waals surface area contributed by atoms with Crippen LogP contribution >= 0.6 is 11.8 Å². The van der Waals surface area contributed by atoms with E-state index in [1.807, 2.05) is 6.26 Å². The van der Waals surface area contributed by atoms with E-state index in [0.717, 1.165) is 0 Å². The third-order valence-electron chi connectivity index (χ3n) is 1.21. The second kappa shape index (κ2) is 3.43. The molecule has 0 aromatic carbocycles. The van der Waals surface area contributed by atoms with Crippen molar-refractivity contribution >= 4 is 17.4 Å². The maximum absolute atomic E-state index is 10.1.